The number of hydrogen-bond donors (Lipinski definition) is 0. The number of hydrogen-bond acceptors (Lipinski definition) is 1. The van der Waals surface area contributed by atoms with Gasteiger partial charge in [-0.15, -0.1) is 0 Å². The highest BCUT2D eigenvalue weighted by molar-refractivity contribution is 5.32. The Morgan fingerprint density at radius 1 is 1.20 bits per heavy atom. The second kappa shape index (κ2) is 2.87. The molecule has 1 aromatic heterocycles. The van der Waals surface area contributed by atoms with Crippen molar-refractivity contribution in [3.63, 3.8) is 0 Å². The molecule has 2 nitrogen and oxygen atoms in total. The molecule has 0 aromatic carbocycles. The molecule has 0 N–H and O–H groups in total. The van der Waals surface area contributed by atoms with Crippen LogP contribution in [0, 0.1) is 0 Å². The Morgan fingerprint density at radius 2 is 1.87 bits per heavy atom. The minimum absolute atomic E-state index is 0.247. The van der Waals surface area contributed by atoms with E-state index in [0.717, 1.165) is 5.92 Å². The van der Waals surface area contributed by atoms with E-state index in [1.165, 1.54) is 36.9 Å². The van der Waals surface area contributed by atoms with Crippen LogP contribution >= 0.6 is 0 Å². The fraction of sp³-hybridized carbons (Fsp3) is 0.769. The van der Waals surface area contributed by atoms with Crippen molar-refractivity contribution in [2.24, 2.45) is 0 Å². The number of rotatable bonds is 2. The van der Waals surface area contributed by atoms with Crippen molar-refractivity contribution < 1.29 is 0 Å². The van der Waals surface area contributed by atoms with E-state index >= 15 is 0 Å². The van der Waals surface area contributed by atoms with Gasteiger partial charge in [0.2, 0.25) is 0 Å². The molecule has 0 bridgehead atoms. The van der Waals surface area contributed by atoms with Crippen LogP contribution in [-0.2, 0) is 5.41 Å². The summed E-state index contributed by atoms with van der Waals surface area (Å²) >= 11 is 0. The van der Waals surface area contributed by atoms with Gasteiger partial charge in [0.05, 0.1) is 12.2 Å². The Hall–Kier alpha value is -0.790. The number of nitrogens with zero attached hydrogens (tertiary/aromatic N) is 2. The zero-order chi connectivity index (χ0) is 10.6. The van der Waals surface area contributed by atoms with Gasteiger partial charge in [0, 0.05) is 11.1 Å². The van der Waals surface area contributed by atoms with Gasteiger partial charge in [-0.05, 0) is 37.2 Å². The topological polar surface area (TPSA) is 17.8 Å². The van der Waals surface area contributed by atoms with Gasteiger partial charge in [-0.1, -0.05) is 20.8 Å². The predicted octanol–water partition coefficient (Wildman–Crippen LogP) is 3.39. The molecule has 2 heteroatoms. The summed E-state index contributed by atoms with van der Waals surface area (Å²) in [5.74, 6) is 0.826. The summed E-state index contributed by atoms with van der Waals surface area (Å²) in [4.78, 5) is 0. The lowest BCUT2D eigenvalue weighted by Gasteiger charge is -2.22. The molecular formula is C13H20N2. The molecule has 0 radical (unpaired) electrons. The molecule has 0 spiro atoms. The molecule has 0 saturated heterocycles. The zero-order valence-electron chi connectivity index (χ0n) is 9.95. The Morgan fingerprint density at radius 3 is 2.33 bits per heavy atom. The Kier molecular flexibility index (Phi) is 1.80. The van der Waals surface area contributed by atoms with Gasteiger partial charge in [0.25, 0.3) is 0 Å². The van der Waals surface area contributed by atoms with Crippen LogP contribution in [0.25, 0.3) is 0 Å². The summed E-state index contributed by atoms with van der Waals surface area (Å²) in [7, 11) is 0. The Balaban J connectivity index is 2.07. The van der Waals surface area contributed by atoms with Gasteiger partial charge in [-0.3, -0.25) is 4.68 Å². The maximum absolute atomic E-state index is 4.62. The summed E-state index contributed by atoms with van der Waals surface area (Å²) in [5, 5.41) is 4.62. The molecule has 2 aliphatic carbocycles. The minimum Gasteiger partial charge on any atom is -0.266 e. The van der Waals surface area contributed by atoms with E-state index in [0.29, 0.717) is 6.04 Å². The second-order valence-corrected chi connectivity index (χ2v) is 6.15. The summed E-state index contributed by atoms with van der Waals surface area (Å²) in [6.07, 6.45) is 7.54. The highest BCUT2D eigenvalue weighted by atomic mass is 15.3. The van der Waals surface area contributed by atoms with E-state index in [2.05, 4.69) is 36.7 Å². The highest BCUT2D eigenvalue weighted by Crippen LogP contribution is 2.47. The third-order valence-corrected chi connectivity index (χ3v) is 3.44. The van der Waals surface area contributed by atoms with E-state index in [9.17, 15) is 0 Å². The van der Waals surface area contributed by atoms with Crippen LogP contribution in [0.3, 0.4) is 0 Å². The van der Waals surface area contributed by atoms with E-state index in [1.54, 1.807) is 0 Å². The molecular weight excluding hydrogens is 184 g/mol. The monoisotopic (exact) mass is 204 g/mol. The SMILES string of the molecule is CC(C)(C)c1c(C2CC2)cnn1C1CC1. The lowest BCUT2D eigenvalue weighted by atomic mass is 9.88. The highest BCUT2D eigenvalue weighted by Gasteiger charge is 2.37. The Labute approximate surface area is 91.7 Å². The largest absolute Gasteiger partial charge is 0.266 e. The van der Waals surface area contributed by atoms with Crippen LogP contribution in [0.5, 0.6) is 0 Å². The molecule has 3 rings (SSSR count). The van der Waals surface area contributed by atoms with E-state index < -0.39 is 0 Å². The third-order valence-electron chi connectivity index (χ3n) is 3.44. The molecule has 15 heavy (non-hydrogen) atoms. The fourth-order valence-electron chi connectivity index (χ4n) is 2.44. The van der Waals surface area contributed by atoms with Crippen molar-refractivity contribution >= 4 is 0 Å². The quantitative estimate of drug-likeness (QED) is 0.722. The van der Waals surface area contributed by atoms with Crippen LogP contribution in [-0.4, -0.2) is 9.78 Å². The molecule has 2 saturated carbocycles. The first-order valence-electron chi connectivity index (χ1n) is 6.15. The second-order valence-electron chi connectivity index (χ2n) is 6.15. The summed E-state index contributed by atoms with van der Waals surface area (Å²) in [5.41, 5.74) is 3.29. The normalized spacial score (nSPS) is 22.1. The van der Waals surface area contributed by atoms with Gasteiger partial charge in [0.1, 0.15) is 0 Å². The van der Waals surface area contributed by atoms with Gasteiger partial charge in [0.15, 0.2) is 0 Å². The average molecular weight is 204 g/mol. The molecule has 1 aromatic rings. The molecule has 0 unspecified atom stereocenters. The first-order chi connectivity index (χ1) is 7.07. The fourth-order valence-corrected chi connectivity index (χ4v) is 2.44. The molecule has 0 atom stereocenters. The van der Waals surface area contributed by atoms with Crippen molar-refractivity contribution in [3.8, 4) is 0 Å². The summed E-state index contributed by atoms with van der Waals surface area (Å²) < 4.78 is 2.31. The lowest BCUT2D eigenvalue weighted by molar-refractivity contribution is 0.487. The molecule has 2 fully saturated rings. The summed E-state index contributed by atoms with van der Waals surface area (Å²) in [6.45, 7) is 6.94. The summed E-state index contributed by atoms with van der Waals surface area (Å²) in [6, 6.07) is 0.715. The molecule has 0 amide bonds. The first kappa shape index (κ1) is 9.44. The van der Waals surface area contributed by atoms with Crippen molar-refractivity contribution in [1.82, 2.24) is 9.78 Å². The molecule has 1 heterocycles. The zero-order valence-corrected chi connectivity index (χ0v) is 9.95. The van der Waals surface area contributed by atoms with Crippen molar-refractivity contribution in [2.75, 3.05) is 0 Å². The first-order valence-corrected chi connectivity index (χ1v) is 6.15. The van der Waals surface area contributed by atoms with Crippen molar-refractivity contribution in [3.05, 3.63) is 17.5 Å². The maximum Gasteiger partial charge on any atom is 0.0527 e. The van der Waals surface area contributed by atoms with Gasteiger partial charge >= 0.3 is 0 Å². The predicted molar refractivity (Wildman–Crippen MR) is 61.2 cm³/mol. The average Bonchev–Trinajstić information content (AvgIpc) is 3.02. The lowest BCUT2D eigenvalue weighted by Crippen LogP contribution is -2.19. The van der Waals surface area contributed by atoms with Gasteiger partial charge < -0.3 is 0 Å². The smallest absolute Gasteiger partial charge is 0.0527 e. The van der Waals surface area contributed by atoms with E-state index in [1.807, 2.05) is 0 Å². The van der Waals surface area contributed by atoms with E-state index in [4.69, 9.17) is 0 Å². The van der Waals surface area contributed by atoms with Crippen LogP contribution in [0.1, 0.15) is 69.7 Å². The van der Waals surface area contributed by atoms with E-state index in [-0.39, 0.29) is 5.41 Å². The number of aromatic nitrogens is 2. The third kappa shape index (κ3) is 1.60. The van der Waals surface area contributed by atoms with Crippen LogP contribution in [0.15, 0.2) is 6.20 Å². The van der Waals surface area contributed by atoms with Crippen LogP contribution < -0.4 is 0 Å². The Bertz CT molecular complexity index is 346. The molecule has 82 valence electrons. The molecule has 2 aliphatic rings. The van der Waals surface area contributed by atoms with Crippen LogP contribution in [0.4, 0.5) is 0 Å². The standard InChI is InChI=1S/C13H20N2/c1-13(2,3)12-11(9-4-5-9)8-14-15(12)10-6-7-10/h8-10H,4-7H2,1-3H3. The van der Waals surface area contributed by atoms with Crippen LogP contribution in [0.2, 0.25) is 0 Å². The van der Waals surface area contributed by atoms with Gasteiger partial charge in [-0.2, -0.15) is 5.10 Å². The maximum atomic E-state index is 4.62. The van der Waals surface area contributed by atoms with Gasteiger partial charge in [-0.25, -0.2) is 0 Å². The van der Waals surface area contributed by atoms with Crippen molar-refractivity contribution in [2.45, 2.75) is 63.8 Å². The minimum atomic E-state index is 0.247. The molecule has 0 aliphatic heterocycles. The van der Waals surface area contributed by atoms with Crippen molar-refractivity contribution in [1.29, 1.82) is 0 Å².